The average Bonchev–Trinajstić information content (AvgIpc) is 2.71. The number of unbranched alkanes of at least 4 members (excludes halogenated alkanes) is 11. The van der Waals surface area contributed by atoms with Crippen molar-refractivity contribution in [3.63, 3.8) is 0 Å². The zero-order valence-corrected chi connectivity index (χ0v) is 18.4. The fourth-order valence-corrected chi connectivity index (χ4v) is 3.54. The zero-order valence-electron chi connectivity index (χ0n) is 18.4. The van der Waals surface area contributed by atoms with Crippen molar-refractivity contribution < 1.29 is 9.53 Å². The van der Waals surface area contributed by atoms with Gasteiger partial charge in [-0.3, -0.25) is 4.79 Å². The second-order valence-corrected chi connectivity index (χ2v) is 7.86. The number of rotatable bonds is 18. The summed E-state index contributed by atoms with van der Waals surface area (Å²) in [7, 11) is 1.66. The van der Waals surface area contributed by atoms with Gasteiger partial charge in [-0.05, 0) is 38.2 Å². The first-order valence-electron chi connectivity index (χ1n) is 11.6. The van der Waals surface area contributed by atoms with E-state index in [1.165, 1.54) is 77.0 Å². The minimum Gasteiger partial charge on any atom is -0.496 e. The molecule has 2 heteroatoms. The normalized spacial score (nSPS) is 11.2. The molecule has 0 unspecified atom stereocenters. The summed E-state index contributed by atoms with van der Waals surface area (Å²) >= 11 is 0. The lowest BCUT2D eigenvalue weighted by Gasteiger charge is -2.07. The van der Waals surface area contributed by atoms with Crippen molar-refractivity contribution in [2.24, 2.45) is 0 Å². The summed E-state index contributed by atoms with van der Waals surface area (Å²) in [4.78, 5) is 12.1. The lowest BCUT2D eigenvalue weighted by atomic mass is 10.0. The summed E-state index contributed by atoms with van der Waals surface area (Å²) in [5.41, 5.74) is 1.00. The van der Waals surface area contributed by atoms with Gasteiger partial charge in [0.2, 0.25) is 0 Å². The van der Waals surface area contributed by atoms with Crippen molar-refractivity contribution in [3.05, 3.63) is 42.0 Å². The number of benzene rings is 1. The molecule has 0 aliphatic carbocycles. The molecule has 0 saturated carbocycles. The third-order valence-corrected chi connectivity index (χ3v) is 5.30. The molecule has 158 valence electrons. The van der Waals surface area contributed by atoms with Crippen molar-refractivity contribution in [2.45, 2.75) is 103 Å². The van der Waals surface area contributed by atoms with Gasteiger partial charge in [0.25, 0.3) is 0 Å². The Hall–Kier alpha value is -1.57. The van der Waals surface area contributed by atoms with E-state index < -0.39 is 0 Å². The molecule has 0 N–H and O–H groups in total. The molecule has 0 aromatic heterocycles. The summed E-state index contributed by atoms with van der Waals surface area (Å²) < 4.78 is 5.32. The van der Waals surface area contributed by atoms with Gasteiger partial charge in [0, 0.05) is 18.4 Å². The van der Waals surface area contributed by atoms with Crippen LogP contribution in [0.2, 0.25) is 0 Å². The molecule has 28 heavy (non-hydrogen) atoms. The highest BCUT2D eigenvalue weighted by Crippen LogP contribution is 2.19. The fourth-order valence-electron chi connectivity index (χ4n) is 3.54. The van der Waals surface area contributed by atoms with Crippen molar-refractivity contribution in [1.82, 2.24) is 0 Å². The first kappa shape index (κ1) is 24.5. The van der Waals surface area contributed by atoms with Crippen molar-refractivity contribution in [2.75, 3.05) is 7.11 Å². The maximum Gasteiger partial charge on any atom is 0.137 e. The van der Waals surface area contributed by atoms with E-state index in [0.29, 0.717) is 18.6 Å². The molecule has 0 radical (unpaired) electrons. The predicted molar refractivity (Wildman–Crippen MR) is 121 cm³/mol. The number of methoxy groups -OCH3 is 1. The van der Waals surface area contributed by atoms with Crippen LogP contribution >= 0.6 is 0 Å². The number of hydrogen-bond acceptors (Lipinski definition) is 2. The predicted octanol–water partition coefficient (Wildman–Crippen LogP) is 7.84. The van der Waals surface area contributed by atoms with E-state index in [2.05, 4.69) is 19.1 Å². The van der Waals surface area contributed by atoms with Gasteiger partial charge in [0.1, 0.15) is 11.5 Å². The highest BCUT2D eigenvalue weighted by atomic mass is 16.5. The van der Waals surface area contributed by atoms with Crippen LogP contribution in [-0.4, -0.2) is 12.9 Å². The quantitative estimate of drug-likeness (QED) is 0.190. The minimum absolute atomic E-state index is 0.321. The van der Waals surface area contributed by atoms with E-state index in [1.54, 1.807) is 7.11 Å². The number of ether oxygens (including phenoxy) is 1. The van der Waals surface area contributed by atoms with Crippen LogP contribution in [0.4, 0.5) is 0 Å². The smallest absolute Gasteiger partial charge is 0.137 e. The van der Waals surface area contributed by atoms with Gasteiger partial charge in [-0.2, -0.15) is 0 Å². The molecule has 0 fully saturated rings. The summed E-state index contributed by atoms with van der Waals surface area (Å²) in [6.45, 7) is 2.27. The van der Waals surface area contributed by atoms with Crippen LogP contribution in [0.5, 0.6) is 5.75 Å². The van der Waals surface area contributed by atoms with Crippen molar-refractivity contribution >= 4 is 5.78 Å². The SMILES string of the molecule is CCCCCCCC/C=C/CCCCCCCC(=O)Cc1ccccc1OC. The number of carbonyl (C=O) groups excluding carboxylic acids is 1. The van der Waals surface area contributed by atoms with E-state index in [4.69, 9.17) is 4.74 Å². The molecule has 0 saturated heterocycles. The third-order valence-electron chi connectivity index (χ3n) is 5.30. The molecule has 0 spiro atoms. The second-order valence-electron chi connectivity index (χ2n) is 7.86. The van der Waals surface area contributed by atoms with Gasteiger partial charge in [-0.15, -0.1) is 0 Å². The first-order valence-corrected chi connectivity index (χ1v) is 11.6. The lowest BCUT2D eigenvalue weighted by molar-refractivity contribution is -0.118. The Morgan fingerprint density at radius 1 is 0.821 bits per heavy atom. The van der Waals surface area contributed by atoms with Crippen LogP contribution in [-0.2, 0) is 11.2 Å². The molecule has 0 atom stereocenters. The number of allylic oxidation sites excluding steroid dienone is 2. The standard InChI is InChI=1S/C26H42O2/c1-3-4-5-6-7-8-9-10-11-12-13-14-15-16-17-21-25(27)23-24-20-18-19-22-26(24)28-2/h10-11,18-20,22H,3-9,12-17,21,23H2,1-2H3/b11-10+. The second kappa shape index (κ2) is 17.5. The molecular formula is C26H42O2. The monoisotopic (exact) mass is 386 g/mol. The minimum atomic E-state index is 0.321. The number of ketones is 1. The van der Waals surface area contributed by atoms with E-state index in [-0.39, 0.29) is 0 Å². The molecule has 1 rings (SSSR count). The van der Waals surface area contributed by atoms with Gasteiger partial charge in [0.15, 0.2) is 0 Å². The van der Waals surface area contributed by atoms with Crippen LogP contribution in [0, 0.1) is 0 Å². The molecule has 0 aliphatic rings. The Kier molecular flexibility index (Phi) is 15.3. The van der Waals surface area contributed by atoms with E-state index in [0.717, 1.165) is 17.7 Å². The third kappa shape index (κ3) is 12.8. The Balaban J connectivity index is 1.92. The van der Waals surface area contributed by atoms with Gasteiger partial charge in [0.05, 0.1) is 7.11 Å². The Morgan fingerprint density at radius 2 is 1.39 bits per heavy atom. The molecular weight excluding hydrogens is 344 g/mol. The highest BCUT2D eigenvalue weighted by Gasteiger charge is 2.07. The largest absolute Gasteiger partial charge is 0.496 e. The van der Waals surface area contributed by atoms with Gasteiger partial charge >= 0.3 is 0 Å². The maximum absolute atomic E-state index is 12.1. The van der Waals surface area contributed by atoms with Crippen LogP contribution in [0.25, 0.3) is 0 Å². The fraction of sp³-hybridized carbons (Fsp3) is 0.654. The molecule has 1 aromatic carbocycles. The van der Waals surface area contributed by atoms with Crippen molar-refractivity contribution in [1.29, 1.82) is 0 Å². The summed E-state index contributed by atoms with van der Waals surface area (Å²) in [5.74, 6) is 1.14. The van der Waals surface area contributed by atoms with Crippen LogP contribution in [0.1, 0.15) is 102 Å². The number of carbonyl (C=O) groups is 1. The summed E-state index contributed by atoms with van der Waals surface area (Å²) in [5, 5.41) is 0. The van der Waals surface area contributed by atoms with Crippen molar-refractivity contribution in [3.8, 4) is 5.75 Å². The van der Waals surface area contributed by atoms with Gasteiger partial charge in [-0.1, -0.05) is 88.6 Å². The zero-order chi connectivity index (χ0) is 20.3. The lowest BCUT2D eigenvalue weighted by Crippen LogP contribution is -2.04. The maximum atomic E-state index is 12.1. The summed E-state index contributed by atoms with van der Waals surface area (Å²) in [6.07, 6.45) is 22.6. The molecule has 2 nitrogen and oxygen atoms in total. The Labute approximate surface area is 173 Å². The Morgan fingerprint density at radius 3 is 2.04 bits per heavy atom. The van der Waals surface area contributed by atoms with Crippen LogP contribution in [0.3, 0.4) is 0 Å². The number of hydrogen-bond donors (Lipinski definition) is 0. The Bertz CT molecular complexity index is 533. The van der Waals surface area contributed by atoms with Gasteiger partial charge in [-0.25, -0.2) is 0 Å². The molecule has 0 amide bonds. The highest BCUT2D eigenvalue weighted by molar-refractivity contribution is 5.81. The summed E-state index contributed by atoms with van der Waals surface area (Å²) in [6, 6.07) is 7.81. The van der Waals surface area contributed by atoms with E-state index in [9.17, 15) is 4.79 Å². The molecule has 0 heterocycles. The van der Waals surface area contributed by atoms with Crippen LogP contribution in [0.15, 0.2) is 36.4 Å². The number of para-hydroxylation sites is 1. The van der Waals surface area contributed by atoms with Gasteiger partial charge < -0.3 is 4.74 Å². The topological polar surface area (TPSA) is 26.3 Å². The molecule has 0 bridgehead atoms. The average molecular weight is 387 g/mol. The van der Waals surface area contributed by atoms with E-state index in [1.807, 2.05) is 24.3 Å². The van der Waals surface area contributed by atoms with E-state index >= 15 is 0 Å². The molecule has 0 aliphatic heterocycles. The number of Topliss-reactive ketones (excluding diaryl/α,β-unsaturated/α-hetero) is 1. The van der Waals surface area contributed by atoms with Crippen LogP contribution < -0.4 is 4.74 Å². The molecule has 1 aromatic rings. The first-order chi connectivity index (χ1) is 13.8.